The SMILES string of the molecule is [C-]#[N+]c1c(C)c(COCCOC(=O)c2ccc(C)cc2)c(COCCOC(=O)c2ccc(C)cc2)c(C)c1[N+]#[C-]. The molecule has 0 spiro atoms. The molecule has 0 aliphatic carbocycles. The van der Waals surface area contributed by atoms with Gasteiger partial charge in [0.1, 0.15) is 13.2 Å². The highest BCUT2D eigenvalue weighted by molar-refractivity contribution is 5.89. The summed E-state index contributed by atoms with van der Waals surface area (Å²) in [5.41, 5.74) is 6.40. The second-order valence-corrected chi connectivity index (χ2v) is 9.24. The molecule has 0 fully saturated rings. The average Bonchev–Trinajstić information content (AvgIpc) is 2.95. The van der Waals surface area contributed by atoms with E-state index < -0.39 is 11.9 Å². The molecule has 0 radical (unpaired) electrons. The minimum atomic E-state index is -0.426. The van der Waals surface area contributed by atoms with Crippen molar-refractivity contribution in [2.24, 2.45) is 0 Å². The van der Waals surface area contributed by atoms with Crippen molar-refractivity contribution in [2.75, 3.05) is 26.4 Å². The van der Waals surface area contributed by atoms with Crippen molar-refractivity contribution in [1.82, 2.24) is 0 Å². The van der Waals surface area contributed by atoms with Crippen LogP contribution in [0.5, 0.6) is 0 Å². The highest BCUT2D eigenvalue weighted by Crippen LogP contribution is 2.40. The molecule has 3 rings (SSSR count). The van der Waals surface area contributed by atoms with E-state index >= 15 is 0 Å². The van der Waals surface area contributed by atoms with Gasteiger partial charge in [0.25, 0.3) is 0 Å². The van der Waals surface area contributed by atoms with Gasteiger partial charge in [-0.2, -0.15) is 0 Å². The van der Waals surface area contributed by atoms with E-state index in [-0.39, 0.29) is 51.0 Å². The Balaban J connectivity index is 1.59. The molecule has 0 bridgehead atoms. The molecule has 0 saturated heterocycles. The predicted molar refractivity (Wildman–Crippen MR) is 151 cm³/mol. The number of hydrogen-bond donors (Lipinski definition) is 0. The summed E-state index contributed by atoms with van der Waals surface area (Å²) in [7, 11) is 0. The molecule has 0 amide bonds. The van der Waals surface area contributed by atoms with E-state index in [1.165, 1.54) is 0 Å². The van der Waals surface area contributed by atoms with Gasteiger partial charge in [-0.15, -0.1) is 0 Å². The van der Waals surface area contributed by atoms with Crippen molar-refractivity contribution in [3.63, 3.8) is 0 Å². The van der Waals surface area contributed by atoms with Crippen LogP contribution in [0, 0.1) is 40.8 Å². The highest BCUT2D eigenvalue weighted by atomic mass is 16.6. The first-order valence-corrected chi connectivity index (χ1v) is 12.8. The van der Waals surface area contributed by atoms with Crippen LogP contribution in [-0.4, -0.2) is 38.4 Å². The summed E-state index contributed by atoms with van der Waals surface area (Å²) in [6.45, 7) is 23.4. The molecule has 3 aromatic rings. The van der Waals surface area contributed by atoms with Crippen LogP contribution < -0.4 is 0 Å². The minimum absolute atomic E-state index is 0.0682. The van der Waals surface area contributed by atoms with Crippen LogP contribution in [-0.2, 0) is 32.2 Å². The fourth-order valence-corrected chi connectivity index (χ4v) is 4.04. The Labute approximate surface area is 235 Å². The van der Waals surface area contributed by atoms with E-state index in [4.69, 9.17) is 32.1 Å². The third kappa shape index (κ3) is 7.77. The van der Waals surface area contributed by atoms with Gasteiger partial charge in [-0.3, -0.25) is 0 Å². The van der Waals surface area contributed by atoms with E-state index in [9.17, 15) is 9.59 Å². The lowest BCUT2D eigenvalue weighted by molar-refractivity contribution is 0.0253. The van der Waals surface area contributed by atoms with Crippen LogP contribution in [0.3, 0.4) is 0 Å². The summed E-state index contributed by atoms with van der Waals surface area (Å²) in [6.07, 6.45) is 0. The highest BCUT2D eigenvalue weighted by Gasteiger charge is 2.20. The third-order valence-electron chi connectivity index (χ3n) is 6.42. The number of rotatable bonds is 12. The number of aryl methyl sites for hydroxylation is 2. The zero-order chi connectivity index (χ0) is 29.1. The lowest BCUT2D eigenvalue weighted by Crippen LogP contribution is -2.13. The van der Waals surface area contributed by atoms with Gasteiger partial charge in [0, 0.05) is 0 Å². The number of nitrogens with zero attached hydrogens (tertiary/aromatic N) is 2. The summed E-state index contributed by atoms with van der Waals surface area (Å²) in [4.78, 5) is 31.6. The first kappa shape index (κ1) is 30.0. The minimum Gasteiger partial charge on any atom is -0.460 e. The average molecular weight is 541 g/mol. The van der Waals surface area contributed by atoms with Crippen LogP contribution in [0.25, 0.3) is 9.69 Å². The van der Waals surface area contributed by atoms with Gasteiger partial charge in [0.15, 0.2) is 11.4 Å². The number of ether oxygens (including phenoxy) is 4. The summed E-state index contributed by atoms with van der Waals surface area (Å²) in [5, 5.41) is 0. The molecule has 0 atom stereocenters. The third-order valence-corrected chi connectivity index (χ3v) is 6.42. The van der Waals surface area contributed by atoms with Crippen LogP contribution in [0.2, 0.25) is 0 Å². The molecule has 40 heavy (non-hydrogen) atoms. The number of hydrogen-bond acceptors (Lipinski definition) is 6. The number of carbonyl (C=O) groups excluding carboxylic acids is 2. The second kappa shape index (κ2) is 14.6. The van der Waals surface area contributed by atoms with Gasteiger partial charge in [-0.1, -0.05) is 60.4 Å². The molecule has 0 unspecified atom stereocenters. The maximum atomic E-state index is 12.2. The maximum absolute atomic E-state index is 12.2. The van der Waals surface area contributed by atoms with Crippen LogP contribution in [0.15, 0.2) is 48.5 Å². The molecular formula is C32H32N2O6. The number of esters is 2. The summed E-state index contributed by atoms with van der Waals surface area (Å²) >= 11 is 0. The van der Waals surface area contributed by atoms with Gasteiger partial charge < -0.3 is 18.9 Å². The van der Waals surface area contributed by atoms with Gasteiger partial charge >= 0.3 is 11.9 Å². The smallest absolute Gasteiger partial charge is 0.338 e. The predicted octanol–water partition coefficient (Wildman–Crippen LogP) is 6.77. The normalized spacial score (nSPS) is 10.4. The lowest BCUT2D eigenvalue weighted by Gasteiger charge is -2.19. The molecule has 206 valence electrons. The summed E-state index contributed by atoms with van der Waals surface area (Å²) < 4.78 is 22.2. The zero-order valence-corrected chi connectivity index (χ0v) is 23.2. The zero-order valence-electron chi connectivity index (χ0n) is 23.2. The fourth-order valence-electron chi connectivity index (χ4n) is 4.04. The molecule has 0 aliphatic rings. The molecule has 8 heteroatoms. The monoisotopic (exact) mass is 540 g/mol. The number of benzene rings is 3. The Morgan fingerprint density at radius 3 is 1.27 bits per heavy atom. The van der Waals surface area contributed by atoms with Crippen molar-refractivity contribution in [3.05, 3.63) is 116 Å². The van der Waals surface area contributed by atoms with Crippen LogP contribution in [0.4, 0.5) is 11.4 Å². The van der Waals surface area contributed by atoms with Crippen LogP contribution >= 0.6 is 0 Å². The van der Waals surface area contributed by atoms with E-state index in [1.54, 1.807) is 38.1 Å². The Bertz CT molecular complexity index is 1320. The van der Waals surface area contributed by atoms with Crippen molar-refractivity contribution in [1.29, 1.82) is 0 Å². The summed E-state index contributed by atoms with van der Waals surface area (Å²) in [6, 6.07) is 14.2. The quantitative estimate of drug-likeness (QED) is 0.143. The largest absolute Gasteiger partial charge is 0.460 e. The standard InChI is InChI=1S/C32H32N2O6/c1-21-7-11-25(12-8-21)31(35)39-17-15-37-19-27-23(3)29(33-5)30(34-6)24(4)28(27)20-38-16-18-40-32(36)26-13-9-22(2)10-14-26/h7-14H,15-20H2,1-4H3. The van der Waals surface area contributed by atoms with E-state index in [0.717, 1.165) is 22.3 Å². The van der Waals surface area contributed by atoms with Crippen molar-refractivity contribution in [3.8, 4) is 0 Å². The molecule has 3 aromatic carbocycles. The first-order valence-electron chi connectivity index (χ1n) is 12.8. The maximum Gasteiger partial charge on any atom is 0.338 e. The van der Waals surface area contributed by atoms with Gasteiger partial charge in [-0.05, 0) is 49.2 Å². The van der Waals surface area contributed by atoms with Crippen LogP contribution in [0.1, 0.15) is 54.1 Å². The lowest BCUT2D eigenvalue weighted by atomic mass is 9.94. The van der Waals surface area contributed by atoms with Crippen molar-refractivity contribution < 1.29 is 28.5 Å². The molecule has 0 aromatic heterocycles. The summed E-state index contributed by atoms with van der Waals surface area (Å²) in [5.74, 6) is -0.853. The molecule has 8 nitrogen and oxygen atoms in total. The van der Waals surface area contributed by atoms with Gasteiger partial charge in [0.2, 0.25) is 0 Å². The molecule has 0 saturated carbocycles. The fraction of sp³-hybridized carbons (Fsp3) is 0.312. The Kier molecular flexibility index (Phi) is 11.0. The Hall–Kier alpha value is -4.50. The van der Waals surface area contributed by atoms with Crippen molar-refractivity contribution in [2.45, 2.75) is 40.9 Å². The number of carbonyl (C=O) groups is 2. The van der Waals surface area contributed by atoms with Crippen molar-refractivity contribution >= 4 is 23.3 Å². The first-order chi connectivity index (χ1) is 19.3. The second-order valence-electron chi connectivity index (χ2n) is 9.24. The van der Waals surface area contributed by atoms with E-state index in [0.29, 0.717) is 22.3 Å². The Morgan fingerprint density at radius 2 is 0.950 bits per heavy atom. The molecular weight excluding hydrogens is 508 g/mol. The van der Waals surface area contributed by atoms with E-state index in [2.05, 4.69) is 9.69 Å². The van der Waals surface area contributed by atoms with E-state index in [1.807, 2.05) is 38.1 Å². The Morgan fingerprint density at radius 1 is 0.600 bits per heavy atom. The molecule has 0 N–H and O–H groups in total. The topological polar surface area (TPSA) is 79.8 Å². The molecule has 0 heterocycles. The van der Waals surface area contributed by atoms with Gasteiger partial charge in [-0.25, -0.2) is 19.3 Å². The molecule has 0 aliphatic heterocycles. The van der Waals surface area contributed by atoms with Gasteiger partial charge in [0.05, 0.1) is 50.7 Å².